The van der Waals surface area contributed by atoms with Crippen LogP contribution in [0.4, 0.5) is 0 Å². The van der Waals surface area contributed by atoms with Crippen LogP contribution in [0.15, 0.2) is 156 Å². The molecule has 6 aromatic carbocycles. The average molecular weight is 552 g/mol. The lowest BCUT2D eigenvalue weighted by Crippen LogP contribution is -2.00. The highest BCUT2D eigenvalue weighted by atomic mass is 16.3. The maximum Gasteiger partial charge on any atom is 0.164 e. The van der Waals surface area contributed by atoms with Crippen molar-refractivity contribution < 1.29 is 4.42 Å². The van der Waals surface area contributed by atoms with E-state index in [2.05, 4.69) is 78.9 Å². The Hall–Kier alpha value is -5.87. The fraction of sp³-hybridized carbons (Fsp3) is 0. The minimum atomic E-state index is 0.611. The van der Waals surface area contributed by atoms with Crippen LogP contribution >= 0.6 is 0 Å². The summed E-state index contributed by atoms with van der Waals surface area (Å²) in [4.78, 5) is 15.0. The molecule has 0 N–H and O–H groups in total. The van der Waals surface area contributed by atoms with Crippen LogP contribution in [0.3, 0.4) is 0 Å². The van der Waals surface area contributed by atoms with E-state index in [9.17, 15) is 0 Å². The molecule has 0 aliphatic heterocycles. The van der Waals surface area contributed by atoms with Gasteiger partial charge in [0.25, 0.3) is 0 Å². The smallest absolute Gasteiger partial charge is 0.164 e. The summed E-state index contributed by atoms with van der Waals surface area (Å²) in [5, 5.41) is 2.09. The van der Waals surface area contributed by atoms with Crippen LogP contribution in [-0.4, -0.2) is 15.0 Å². The second-order valence-electron chi connectivity index (χ2n) is 10.5. The van der Waals surface area contributed by atoms with Crippen molar-refractivity contribution in [1.82, 2.24) is 15.0 Å². The highest BCUT2D eigenvalue weighted by molar-refractivity contribution is 6.11. The van der Waals surface area contributed by atoms with Gasteiger partial charge in [-0.1, -0.05) is 133 Å². The summed E-state index contributed by atoms with van der Waals surface area (Å²) in [7, 11) is 0. The largest absolute Gasteiger partial charge is 0.455 e. The molecule has 0 radical (unpaired) electrons. The third-order valence-electron chi connectivity index (χ3n) is 7.74. The van der Waals surface area contributed by atoms with E-state index in [0.29, 0.717) is 17.5 Å². The summed E-state index contributed by atoms with van der Waals surface area (Å²) in [5.41, 5.74) is 8.86. The van der Waals surface area contributed by atoms with Gasteiger partial charge in [-0.25, -0.2) is 15.0 Å². The van der Waals surface area contributed by atoms with Gasteiger partial charge in [-0.05, 0) is 34.9 Å². The van der Waals surface area contributed by atoms with Crippen LogP contribution in [0.1, 0.15) is 0 Å². The second kappa shape index (κ2) is 10.5. The number of nitrogens with zero attached hydrogens (tertiary/aromatic N) is 3. The molecule has 0 aliphatic carbocycles. The average Bonchev–Trinajstić information content (AvgIpc) is 3.48. The molecule has 202 valence electrons. The quantitative estimate of drug-likeness (QED) is 0.214. The van der Waals surface area contributed by atoms with Crippen LogP contribution < -0.4 is 0 Å². The molecule has 2 heterocycles. The van der Waals surface area contributed by atoms with Crippen molar-refractivity contribution in [3.63, 3.8) is 0 Å². The van der Waals surface area contributed by atoms with E-state index < -0.39 is 0 Å². The molecule has 0 aliphatic rings. The van der Waals surface area contributed by atoms with Crippen LogP contribution in [0.25, 0.3) is 78.4 Å². The van der Waals surface area contributed by atoms with E-state index in [-0.39, 0.29) is 0 Å². The summed E-state index contributed by atoms with van der Waals surface area (Å²) in [5.74, 6) is 1.87. The lowest BCUT2D eigenvalue weighted by atomic mass is 9.98. The number of aromatic nitrogens is 3. The molecule has 0 spiro atoms. The van der Waals surface area contributed by atoms with Gasteiger partial charge in [-0.15, -0.1) is 0 Å². The lowest BCUT2D eigenvalue weighted by molar-refractivity contribution is 0.670. The second-order valence-corrected chi connectivity index (χ2v) is 10.5. The van der Waals surface area contributed by atoms with Crippen molar-refractivity contribution in [2.24, 2.45) is 0 Å². The van der Waals surface area contributed by atoms with Crippen molar-refractivity contribution in [2.45, 2.75) is 0 Å². The van der Waals surface area contributed by atoms with Crippen LogP contribution in [-0.2, 0) is 0 Å². The van der Waals surface area contributed by atoms with Gasteiger partial charge in [-0.3, -0.25) is 0 Å². The van der Waals surface area contributed by atoms with E-state index in [4.69, 9.17) is 19.4 Å². The topological polar surface area (TPSA) is 51.8 Å². The highest BCUT2D eigenvalue weighted by Crippen LogP contribution is 2.39. The molecule has 0 atom stereocenters. The number of benzene rings is 6. The van der Waals surface area contributed by atoms with Gasteiger partial charge in [0.1, 0.15) is 11.2 Å². The molecule has 0 unspecified atom stereocenters. The summed E-state index contributed by atoms with van der Waals surface area (Å²) in [6.45, 7) is 0. The molecular weight excluding hydrogens is 526 g/mol. The summed E-state index contributed by atoms with van der Waals surface area (Å²) < 4.78 is 6.41. The number of rotatable bonds is 5. The zero-order valence-electron chi connectivity index (χ0n) is 23.2. The summed E-state index contributed by atoms with van der Waals surface area (Å²) >= 11 is 0. The molecule has 0 bridgehead atoms. The molecule has 2 aromatic heterocycles. The Morgan fingerprint density at radius 1 is 0.349 bits per heavy atom. The molecule has 0 saturated heterocycles. The minimum absolute atomic E-state index is 0.611. The Balaban J connectivity index is 1.34. The van der Waals surface area contributed by atoms with Gasteiger partial charge in [-0.2, -0.15) is 0 Å². The molecule has 43 heavy (non-hydrogen) atoms. The molecule has 8 rings (SSSR count). The SMILES string of the molecule is c1ccc(-c2ccc(-c3nc(-c4ccccc4)nc(-c4cc(-c5ccccc5)c5oc6ccccc6c5c4)n3)cc2)cc1. The van der Waals surface area contributed by atoms with Crippen molar-refractivity contribution in [1.29, 1.82) is 0 Å². The fourth-order valence-electron chi connectivity index (χ4n) is 5.58. The first-order valence-electron chi connectivity index (χ1n) is 14.3. The molecule has 0 saturated carbocycles. The van der Waals surface area contributed by atoms with E-state index >= 15 is 0 Å². The predicted octanol–water partition coefficient (Wildman–Crippen LogP) is 10.1. The first-order chi connectivity index (χ1) is 21.3. The van der Waals surface area contributed by atoms with Crippen molar-refractivity contribution in [3.8, 4) is 56.4 Å². The van der Waals surface area contributed by atoms with E-state index in [1.165, 1.54) is 5.56 Å². The maximum absolute atomic E-state index is 6.41. The number of hydrogen-bond acceptors (Lipinski definition) is 4. The molecule has 0 fully saturated rings. The van der Waals surface area contributed by atoms with Crippen molar-refractivity contribution >= 4 is 21.9 Å². The normalized spacial score (nSPS) is 11.3. The predicted molar refractivity (Wildman–Crippen MR) is 174 cm³/mol. The van der Waals surface area contributed by atoms with Crippen molar-refractivity contribution in [2.75, 3.05) is 0 Å². The Labute approximate surface area is 249 Å². The lowest BCUT2D eigenvalue weighted by Gasteiger charge is -2.11. The minimum Gasteiger partial charge on any atom is -0.455 e. The Morgan fingerprint density at radius 2 is 0.814 bits per heavy atom. The molecular formula is C39H25N3O. The Morgan fingerprint density at radius 3 is 1.47 bits per heavy atom. The van der Waals surface area contributed by atoms with Gasteiger partial charge >= 0.3 is 0 Å². The Kier molecular flexibility index (Phi) is 6.08. The summed E-state index contributed by atoms with van der Waals surface area (Å²) in [6, 6.07) is 51.6. The van der Waals surface area contributed by atoms with E-state index in [1.54, 1.807) is 0 Å². The maximum atomic E-state index is 6.41. The van der Waals surface area contributed by atoms with Crippen LogP contribution in [0.2, 0.25) is 0 Å². The zero-order valence-corrected chi connectivity index (χ0v) is 23.2. The number of furan rings is 1. The van der Waals surface area contributed by atoms with Gasteiger partial charge in [0.2, 0.25) is 0 Å². The first-order valence-corrected chi connectivity index (χ1v) is 14.3. The van der Waals surface area contributed by atoms with E-state index in [1.807, 2.05) is 72.8 Å². The zero-order chi connectivity index (χ0) is 28.6. The molecule has 8 aromatic rings. The van der Waals surface area contributed by atoms with Crippen molar-refractivity contribution in [3.05, 3.63) is 152 Å². The fourth-order valence-corrected chi connectivity index (χ4v) is 5.58. The van der Waals surface area contributed by atoms with E-state index in [0.717, 1.165) is 55.3 Å². The number of para-hydroxylation sites is 1. The third-order valence-corrected chi connectivity index (χ3v) is 7.74. The van der Waals surface area contributed by atoms with Gasteiger partial charge < -0.3 is 4.42 Å². The number of fused-ring (bicyclic) bond motifs is 3. The first kappa shape index (κ1) is 24.9. The van der Waals surface area contributed by atoms with Gasteiger partial charge in [0, 0.05) is 33.0 Å². The standard InChI is InChI=1S/C39H25N3O/c1-4-12-26(13-5-1)27-20-22-30(23-21-27)38-40-37(29-16-8-3-9-17-29)41-39(42-38)31-24-33(28-14-6-2-7-15-28)36-34(25-31)32-18-10-11-19-35(32)43-36/h1-25H. The summed E-state index contributed by atoms with van der Waals surface area (Å²) in [6.07, 6.45) is 0. The number of hydrogen-bond donors (Lipinski definition) is 0. The van der Waals surface area contributed by atoms with Crippen LogP contribution in [0, 0.1) is 0 Å². The molecule has 4 heteroatoms. The monoisotopic (exact) mass is 551 g/mol. The van der Waals surface area contributed by atoms with Crippen LogP contribution in [0.5, 0.6) is 0 Å². The third kappa shape index (κ3) is 4.65. The highest BCUT2D eigenvalue weighted by Gasteiger charge is 2.18. The van der Waals surface area contributed by atoms with Gasteiger partial charge in [0.15, 0.2) is 17.5 Å². The molecule has 0 amide bonds. The van der Waals surface area contributed by atoms with Gasteiger partial charge in [0.05, 0.1) is 0 Å². The Bertz CT molecular complexity index is 2210. The molecule has 4 nitrogen and oxygen atoms in total.